The highest BCUT2D eigenvalue weighted by molar-refractivity contribution is 6.10. The zero-order valence-electron chi connectivity index (χ0n) is 14.7. The highest BCUT2D eigenvalue weighted by Crippen LogP contribution is 2.28. The number of benzene rings is 2. The molecule has 1 aromatic heterocycles. The molecule has 26 heavy (non-hydrogen) atoms. The standard InChI is InChI=1S/C19H19N3O4/c1-4-16-20-13-9-11(19(24)25)10-14(17(13)22(16)2)21-18(23)12-7-5-6-8-15(12)26-3/h5-10H,4H2,1-3H3,(H,21,23)(H,24,25). The summed E-state index contributed by atoms with van der Waals surface area (Å²) in [5, 5.41) is 12.2. The van der Waals surface area contributed by atoms with Gasteiger partial charge in [0.2, 0.25) is 0 Å². The number of anilines is 1. The highest BCUT2D eigenvalue weighted by Gasteiger charge is 2.19. The fourth-order valence-electron chi connectivity index (χ4n) is 2.96. The van der Waals surface area contributed by atoms with Crippen molar-refractivity contribution in [3.63, 3.8) is 0 Å². The predicted octanol–water partition coefficient (Wildman–Crippen LogP) is 3.09. The number of aromatic nitrogens is 2. The molecule has 0 aliphatic carbocycles. The molecule has 0 atom stereocenters. The van der Waals surface area contributed by atoms with E-state index in [1.54, 1.807) is 24.3 Å². The van der Waals surface area contributed by atoms with E-state index in [1.807, 2.05) is 18.5 Å². The monoisotopic (exact) mass is 353 g/mol. The number of carbonyl (C=O) groups excluding carboxylic acids is 1. The highest BCUT2D eigenvalue weighted by atomic mass is 16.5. The Bertz CT molecular complexity index is 1010. The van der Waals surface area contributed by atoms with Gasteiger partial charge in [0.25, 0.3) is 5.91 Å². The number of carboxylic acid groups (broad SMARTS) is 1. The number of fused-ring (bicyclic) bond motifs is 1. The average Bonchev–Trinajstić information content (AvgIpc) is 2.97. The number of imidazole rings is 1. The topological polar surface area (TPSA) is 93.4 Å². The van der Waals surface area contributed by atoms with Crippen LogP contribution in [0.4, 0.5) is 5.69 Å². The minimum absolute atomic E-state index is 0.0635. The van der Waals surface area contributed by atoms with Crippen LogP contribution < -0.4 is 10.1 Å². The zero-order chi connectivity index (χ0) is 18.8. The van der Waals surface area contributed by atoms with E-state index in [0.717, 1.165) is 5.82 Å². The van der Waals surface area contributed by atoms with Crippen molar-refractivity contribution < 1.29 is 19.4 Å². The summed E-state index contributed by atoms with van der Waals surface area (Å²) in [5.74, 6) is -0.223. The van der Waals surface area contributed by atoms with E-state index in [9.17, 15) is 14.7 Å². The van der Waals surface area contributed by atoms with Crippen LogP contribution in [-0.4, -0.2) is 33.6 Å². The fraction of sp³-hybridized carbons (Fsp3) is 0.211. The molecule has 3 aromatic rings. The van der Waals surface area contributed by atoms with Gasteiger partial charge in [0, 0.05) is 13.5 Å². The summed E-state index contributed by atoms with van der Waals surface area (Å²) in [5.41, 5.74) is 2.02. The molecule has 0 radical (unpaired) electrons. The molecule has 0 fully saturated rings. The van der Waals surface area contributed by atoms with Crippen LogP contribution >= 0.6 is 0 Å². The van der Waals surface area contributed by atoms with Crippen molar-refractivity contribution in [3.05, 3.63) is 53.3 Å². The number of aromatic carboxylic acids is 1. The molecular formula is C19H19N3O4. The SMILES string of the molecule is CCc1nc2cc(C(=O)O)cc(NC(=O)c3ccccc3OC)c2n1C. The van der Waals surface area contributed by atoms with Crippen molar-refractivity contribution in [2.24, 2.45) is 7.05 Å². The lowest BCUT2D eigenvalue weighted by Crippen LogP contribution is -2.14. The Hall–Kier alpha value is -3.35. The average molecular weight is 353 g/mol. The minimum atomic E-state index is -1.08. The molecule has 7 nitrogen and oxygen atoms in total. The number of rotatable bonds is 5. The molecule has 2 aromatic carbocycles. The molecule has 0 aliphatic heterocycles. The Morgan fingerprint density at radius 2 is 2.00 bits per heavy atom. The van der Waals surface area contributed by atoms with Crippen molar-refractivity contribution in [2.75, 3.05) is 12.4 Å². The lowest BCUT2D eigenvalue weighted by atomic mass is 10.1. The molecule has 0 bridgehead atoms. The first-order valence-electron chi connectivity index (χ1n) is 8.13. The predicted molar refractivity (Wildman–Crippen MR) is 98.0 cm³/mol. The van der Waals surface area contributed by atoms with Gasteiger partial charge in [0.1, 0.15) is 11.6 Å². The Balaban J connectivity index is 2.12. The minimum Gasteiger partial charge on any atom is -0.496 e. The van der Waals surface area contributed by atoms with E-state index >= 15 is 0 Å². The van der Waals surface area contributed by atoms with Crippen LogP contribution in [0.25, 0.3) is 11.0 Å². The number of nitrogens with zero attached hydrogens (tertiary/aromatic N) is 2. The second-order valence-corrected chi connectivity index (χ2v) is 5.79. The maximum absolute atomic E-state index is 12.7. The molecule has 2 N–H and O–H groups in total. The van der Waals surface area contributed by atoms with E-state index in [2.05, 4.69) is 10.3 Å². The van der Waals surface area contributed by atoms with Crippen LogP contribution in [0.2, 0.25) is 0 Å². The van der Waals surface area contributed by atoms with E-state index in [-0.39, 0.29) is 11.5 Å². The number of aryl methyl sites for hydroxylation is 2. The van der Waals surface area contributed by atoms with Crippen LogP contribution in [-0.2, 0) is 13.5 Å². The van der Waals surface area contributed by atoms with Crippen LogP contribution in [0.15, 0.2) is 36.4 Å². The molecule has 0 spiro atoms. The number of para-hydroxylation sites is 1. The number of nitrogens with one attached hydrogen (secondary N) is 1. The quantitative estimate of drug-likeness (QED) is 0.735. The normalized spacial score (nSPS) is 10.7. The van der Waals surface area contributed by atoms with Crippen LogP contribution in [0, 0.1) is 0 Å². The molecule has 7 heteroatoms. The number of amides is 1. The lowest BCUT2D eigenvalue weighted by Gasteiger charge is -2.12. The summed E-state index contributed by atoms with van der Waals surface area (Å²) < 4.78 is 7.09. The number of methoxy groups -OCH3 is 1. The molecule has 0 aliphatic rings. The molecule has 0 saturated carbocycles. The molecule has 0 unspecified atom stereocenters. The third-order valence-corrected chi connectivity index (χ3v) is 4.22. The van der Waals surface area contributed by atoms with Gasteiger partial charge in [-0.15, -0.1) is 0 Å². The van der Waals surface area contributed by atoms with Gasteiger partial charge >= 0.3 is 5.97 Å². The fourth-order valence-corrected chi connectivity index (χ4v) is 2.96. The van der Waals surface area contributed by atoms with Gasteiger partial charge in [0.15, 0.2) is 0 Å². The molecule has 3 rings (SSSR count). The lowest BCUT2D eigenvalue weighted by molar-refractivity contribution is 0.0696. The van der Waals surface area contributed by atoms with Crippen LogP contribution in [0.3, 0.4) is 0 Å². The Labute approximate surface area is 150 Å². The summed E-state index contributed by atoms with van der Waals surface area (Å²) in [7, 11) is 3.33. The molecule has 1 amide bonds. The Kier molecular flexibility index (Phi) is 4.62. The van der Waals surface area contributed by atoms with Crippen molar-refractivity contribution in [2.45, 2.75) is 13.3 Å². The summed E-state index contributed by atoms with van der Waals surface area (Å²) in [4.78, 5) is 28.7. The summed E-state index contributed by atoms with van der Waals surface area (Å²) in [6.45, 7) is 1.96. The largest absolute Gasteiger partial charge is 0.496 e. The van der Waals surface area contributed by atoms with Crippen molar-refractivity contribution in [3.8, 4) is 5.75 Å². The van der Waals surface area contributed by atoms with Gasteiger partial charge in [-0.25, -0.2) is 9.78 Å². The first-order chi connectivity index (χ1) is 12.5. The van der Waals surface area contributed by atoms with Crippen molar-refractivity contribution in [1.82, 2.24) is 9.55 Å². The summed E-state index contributed by atoms with van der Waals surface area (Å²) in [6.07, 6.45) is 0.688. The third kappa shape index (κ3) is 2.99. The first kappa shape index (κ1) is 17.5. The maximum Gasteiger partial charge on any atom is 0.335 e. The van der Waals surface area contributed by atoms with E-state index < -0.39 is 5.97 Å². The first-order valence-corrected chi connectivity index (χ1v) is 8.13. The number of carbonyl (C=O) groups is 2. The number of carboxylic acids is 1. The van der Waals surface area contributed by atoms with Crippen molar-refractivity contribution >= 4 is 28.6 Å². The molecule has 0 saturated heterocycles. The Morgan fingerprint density at radius 1 is 1.27 bits per heavy atom. The number of hydrogen-bond acceptors (Lipinski definition) is 4. The maximum atomic E-state index is 12.7. The van der Waals surface area contributed by atoms with Crippen molar-refractivity contribution in [1.29, 1.82) is 0 Å². The van der Waals surface area contributed by atoms with Gasteiger partial charge in [-0.2, -0.15) is 0 Å². The second kappa shape index (κ2) is 6.87. The van der Waals surface area contributed by atoms with Crippen LogP contribution in [0.5, 0.6) is 5.75 Å². The summed E-state index contributed by atoms with van der Waals surface area (Å²) in [6, 6.07) is 9.80. The van der Waals surface area contributed by atoms with Gasteiger partial charge in [0.05, 0.1) is 35.0 Å². The number of hydrogen-bond donors (Lipinski definition) is 2. The van der Waals surface area contributed by atoms with Gasteiger partial charge < -0.3 is 19.7 Å². The zero-order valence-corrected chi connectivity index (χ0v) is 14.7. The molecule has 1 heterocycles. The molecular weight excluding hydrogens is 334 g/mol. The van der Waals surface area contributed by atoms with Crippen LogP contribution in [0.1, 0.15) is 33.5 Å². The number of ether oxygens (including phenoxy) is 1. The smallest absolute Gasteiger partial charge is 0.335 e. The van der Waals surface area contributed by atoms with E-state index in [4.69, 9.17) is 4.74 Å². The van der Waals surface area contributed by atoms with Gasteiger partial charge in [-0.3, -0.25) is 4.79 Å². The summed E-state index contributed by atoms with van der Waals surface area (Å²) >= 11 is 0. The third-order valence-electron chi connectivity index (χ3n) is 4.22. The Morgan fingerprint density at radius 3 is 2.65 bits per heavy atom. The second-order valence-electron chi connectivity index (χ2n) is 5.79. The van der Waals surface area contributed by atoms with Gasteiger partial charge in [-0.1, -0.05) is 19.1 Å². The van der Waals surface area contributed by atoms with E-state index in [1.165, 1.54) is 19.2 Å². The molecule has 134 valence electrons. The van der Waals surface area contributed by atoms with Gasteiger partial charge in [-0.05, 0) is 24.3 Å². The van der Waals surface area contributed by atoms with E-state index in [0.29, 0.717) is 34.5 Å².